The quantitative estimate of drug-likeness (QED) is 0.815. The zero-order valence-corrected chi connectivity index (χ0v) is 9.37. The van der Waals surface area contributed by atoms with Gasteiger partial charge in [0.15, 0.2) is 0 Å². The van der Waals surface area contributed by atoms with Crippen LogP contribution in [0, 0.1) is 0 Å². The summed E-state index contributed by atoms with van der Waals surface area (Å²) in [6.07, 6.45) is 0.524. The maximum Gasteiger partial charge on any atom is 0.137 e. The number of aliphatic hydroxyl groups is 2. The van der Waals surface area contributed by atoms with E-state index in [1.54, 1.807) is 18.2 Å². The highest BCUT2D eigenvalue weighted by Gasteiger charge is 2.09. The van der Waals surface area contributed by atoms with Gasteiger partial charge in [0.1, 0.15) is 5.75 Å². The zero-order chi connectivity index (χ0) is 11.3. The molecule has 0 aliphatic carbocycles. The van der Waals surface area contributed by atoms with Gasteiger partial charge in [0, 0.05) is 6.61 Å². The normalized spacial score (nSPS) is 12.5. The minimum atomic E-state index is -0.580. The highest BCUT2D eigenvalue weighted by molar-refractivity contribution is 6.32. The Balaban J connectivity index is 2.76. The van der Waals surface area contributed by atoms with Gasteiger partial charge in [0.25, 0.3) is 0 Å². The van der Waals surface area contributed by atoms with Gasteiger partial charge < -0.3 is 14.9 Å². The van der Waals surface area contributed by atoms with E-state index >= 15 is 0 Å². The summed E-state index contributed by atoms with van der Waals surface area (Å²) in [5.41, 5.74) is 0.754. The lowest BCUT2D eigenvalue weighted by molar-refractivity contribution is 0.151. The highest BCUT2D eigenvalue weighted by atomic mass is 35.5. The van der Waals surface area contributed by atoms with E-state index in [0.717, 1.165) is 5.56 Å². The van der Waals surface area contributed by atoms with Gasteiger partial charge in [-0.25, -0.2) is 0 Å². The molecule has 0 fully saturated rings. The van der Waals surface area contributed by atoms with E-state index in [4.69, 9.17) is 21.4 Å². The Labute approximate surface area is 94.3 Å². The molecule has 0 spiro atoms. The van der Waals surface area contributed by atoms with Crippen LogP contribution in [0.5, 0.6) is 5.75 Å². The minimum absolute atomic E-state index is 0.0851. The molecule has 0 radical (unpaired) electrons. The summed E-state index contributed by atoms with van der Waals surface area (Å²) < 4.78 is 5.05. The third-order valence-electron chi connectivity index (χ3n) is 2.20. The summed E-state index contributed by atoms with van der Waals surface area (Å²) in [7, 11) is 1.53. The molecule has 0 bridgehead atoms. The van der Waals surface area contributed by atoms with Gasteiger partial charge in [-0.1, -0.05) is 17.7 Å². The van der Waals surface area contributed by atoms with Crippen LogP contribution in [0.2, 0.25) is 5.02 Å². The first-order chi connectivity index (χ1) is 7.19. The van der Waals surface area contributed by atoms with Crippen molar-refractivity contribution in [3.63, 3.8) is 0 Å². The summed E-state index contributed by atoms with van der Waals surface area (Å²) in [6.45, 7) is 0.0851. The highest BCUT2D eigenvalue weighted by Crippen LogP contribution is 2.29. The van der Waals surface area contributed by atoms with Crippen molar-refractivity contribution in [2.24, 2.45) is 0 Å². The number of halogens is 1. The lowest BCUT2D eigenvalue weighted by atomic mass is 10.0. The van der Waals surface area contributed by atoms with Crippen LogP contribution in [0.15, 0.2) is 18.2 Å². The Kier molecular flexibility index (Phi) is 4.88. The van der Waals surface area contributed by atoms with Crippen LogP contribution in [-0.4, -0.2) is 23.9 Å². The number of methoxy groups -OCH3 is 1. The van der Waals surface area contributed by atoms with Crippen molar-refractivity contribution < 1.29 is 14.9 Å². The molecule has 0 saturated heterocycles. The van der Waals surface area contributed by atoms with Crippen molar-refractivity contribution in [2.45, 2.75) is 18.9 Å². The maximum absolute atomic E-state index is 9.75. The Morgan fingerprint density at radius 3 is 2.80 bits per heavy atom. The second kappa shape index (κ2) is 5.95. The molecule has 1 rings (SSSR count). The fourth-order valence-electron chi connectivity index (χ4n) is 1.33. The van der Waals surface area contributed by atoms with Crippen LogP contribution in [0.1, 0.15) is 24.5 Å². The average Bonchev–Trinajstić information content (AvgIpc) is 2.26. The summed E-state index contributed by atoms with van der Waals surface area (Å²) in [5, 5.41) is 18.9. The van der Waals surface area contributed by atoms with Gasteiger partial charge in [0.2, 0.25) is 0 Å². The Morgan fingerprint density at radius 2 is 2.20 bits per heavy atom. The molecular formula is C11H15ClO3. The fourth-order valence-corrected chi connectivity index (χ4v) is 1.53. The van der Waals surface area contributed by atoms with Crippen LogP contribution >= 0.6 is 11.6 Å². The SMILES string of the molecule is COc1cc(C(O)CCCO)ccc1Cl. The van der Waals surface area contributed by atoms with Gasteiger partial charge in [-0.15, -0.1) is 0 Å². The number of hydrogen-bond acceptors (Lipinski definition) is 3. The van der Waals surface area contributed by atoms with Crippen molar-refractivity contribution in [3.8, 4) is 5.75 Å². The number of aliphatic hydroxyl groups excluding tert-OH is 2. The van der Waals surface area contributed by atoms with Gasteiger partial charge in [-0.2, -0.15) is 0 Å². The predicted molar refractivity (Wildman–Crippen MR) is 59.3 cm³/mol. The molecule has 15 heavy (non-hydrogen) atoms. The first-order valence-electron chi connectivity index (χ1n) is 4.81. The van der Waals surface area contributed by atoms with Gasteiger partial charge in [-0.05, 0) is 30.5 Å². The Morgan fingerprint density at radius 1 is 1.47 bits per heavy atom. The third kappa shape index (κ3) is 3.38. The standard InChI is InChI=1S/C11H15ClO3/c1-15-11-7-8(4-5-9(11)12)10(14)3-2-6-13/h4-5,7,10,13-14H,2-3,6H2,1H3. The molecule has 0 aliphatic rings. The molecule has 1 aromatic carbocycles. The Bertz CT molecular complexity index is 315. The fraction of sp³-hybridized carbons (Fsp3) is 0.455. The molecule has 0 amide bonds. The monoisotopic (exact) mass is 230 g/mol. The third-order valence-corrected chi connectivity index (χ3v) is 2.51. The molecule has 0 saturated carbocycles. The summed E-state index contributed by atoms with van der Waals surface area (Å²) in [6, 6.07) is 5.16. The van der Waals surface area contributed by atoms with Crippen LogP contribution in [-0.2, 0) is 0 Å². The average molecular weight is 231 g/mol. The predicted octanol–water partition coefficient (Wildman–Crippen LogP) is 2.15. The molecule has 1 atom stereocenters. The number of hydrogen-bond donors (Lipinski definition) is 2. The first kappa shape index (κ1) is 12.3. The largest absolute Gasteiger partial charge is 0.495 e. The minimum Gasteiger partial charge on any atom is -0.495 e. The van der Waals surface area contributed by atoms with Crippen molar-refractivity contribution in [1.29, 1.82) is 0 Å². The van der Waals surface area contributed by atoms with Crippen LogP contribution in [0.25, 0.3) is 0 Å². The molecular weight excluding hydrogens is 216 g/mol. The zero-order valence-electron chi connectivity index (χ0n) is 8.61. The second-order valence-electron chi connectivity index (χ2n) is 3.28. The number of ether oxygens (including phenoxy) is 1. The van der Waals surface area contributed by atoms with Crippen molar-refractivity contribution >= 4 is 11.6 Å². The van der Waals surface area contributed by atoms with E-state index in [1.165, 1.54) is 7.11 Å². The summed E-state index contributed by atoms with van der Waals surface area (Å²) >= 11 is 5.86. The van der Waals surface area contributed by atoms with Crippen molar-refractivity contribution in [3.05, 3.63) is 28.8 Å². The molecule has 2 N–H and O–H groups in total. The first-order valence-corrected chi connectivity index (χ1v) is 5.19. The number of benzene rings is 1. The van der Waals surface area contributed by atoms with E-state index in [2.05, 4.69) is 0 Å². The summed E-state index contributed by atoms with van der Waals surface area (Å²) in [5.74, 6) is 0.553. The lowest BCUT2D eigenvalue weighted by Crippen LogP contribution is -1.99. The second-order valence-corrected chi connectivity index (χ2v) is 3.68. The van der Waals surface area contributed by atoms with Crippen LogP contribution < -0.4 is 4.74 Å². The van der Waals surface area contributed by atoms with E-state index in [1.807, 2.05) is 0 Å². The Hall–Kier alpha value is -0.770. The molecule has 3 nitrogen and oxygen atoms in total. The van der Waals surface area contributed by atoms with E-state index in [-0.39, 0.29) is 6.61 Å². The van der Waals surface area contributed by atoms with Crippen molar-refractivity contribution in [2.75, 3.05) is 13.7 Å². The molecule has 1 aromatic rings. The molecule has 1 unspecified atom stereocenters. The van der Waals surface area contributed by atoms with E-state index < -0.39 is 6.10 Å². The van der Waals surface area contributed by atoms with Crippen LogP contribution in [0.3, 0.4) is 0 Å². The summed E-state index contributed by atoms with van der Waals surface area (Å²) in [4.78, 5) is 0. The smallest absolute Gasteiger partial charge is 0.137 e. The molecule has 0 heterocycles. The molecule has 0 aliphatic heterocycles. The van der Waals surface area contributed by atoms with Gasteiger partial charge in [-0.3, -0.25) is 0 Å². The lowest BCUT2D eigenvalue weighted by Gasteiger charge is -2.12. The maximum atomic E-state index is 9.75. The van der Waals surface area contributed by atoms with E-state index in [9.17, 15) is 5.11 Å². The molecule has 84 valence electrons. The van der Waals surface area contributed by atoms with Crippen LogP contribution in [0.4, 0.5) is 0 Å². The van der Waals surface area contributed by atoms with Gasteiger partial charge in [0.05, 0.1) is 18.2 Å². The number of rotatable bonds is 5. The van der Waals surface area contributed by atoms with Gasteiger partial charge >= 0.3 is 0 Å². The molecule has 4 heteroatoms. The topological polar surface area (TPSA) is 49.7 Å². The molecule has 0 aromatic heterocycles. The van der Waals surface area contributed by atoms with Crippen molar-refractivity contribution in [1.82, 2.24) is 0 Å². The van der Waals surface area contributed by atoms with E-state index in [0.29, 0.717) is 23.6 Å².